The number of benzene rings is 2. The molecule has 3 rings (SSSR count). The van der Waals surface area contributed by atoms with E-state index in [9.17, 15) is 18.3 Å². The van der Waals surface area contributed by atoms with Gasteiger partial charge in [0.2, 0.25) is 0 Å². The zero-order chi connectivity index (χ0) is 26.9. The third-order valence-corrected chi connectivity index (χ3v) is 8.21. The van der Waals surface area contributed by atoms with Gasteiger partial charge in [0, 0.05) is 18.2 Å². The number of amides is 1. The average molecular weight is 517 g/mol. The number of anilines is 1. The number of rotatable bonds is 5. The predicted octanol–water partition coefficient (Wildman–Crippen LogP) is 4.32. The molecule has 7 nitrogen and oxygen atoms in total. The van der Waals surface area contributed by atoms with Gasteiger partial charge in [-0.15, -0.1) is 0 Å². The number of sulfone groups is 1. The van der Waals surface area contributed by atoms with E-state index < -0.39 is 39.6 Å². The molecule has 36 heavy (non-hydrogen) atoms. The number of aliphatic hydroxyl groups is 1. The maximum absolute atomic E-state index is 13.4. The van der Waals surface area contributed by atoms with Crippen molar-refractivity contribution in [2.75, 3.05) is 17.2 Å². The summed E-state index contributed by atoms with van der Waals surface area (Å²) in [6, 6.07) is 14.1. The van der Waals surface area contributed by atoms with Gasteiger partial charge in [-0.3, -0.25) is 4.90 Å². The van der Waals surface area contributed by atoms with E-state index in [1.54, 1.807) is 32.9 Å². The molecule has 0 unspecified atom stereocenters. The van der Waals surface area contributed by atoms with Gasteiger partial charge in [-0.25, -0.2) is 13.2 Å². The molecule has 0 radical (unpaired) electrons. The van der Waals surface area contributed by atoms with Crippen LogP contribution < -0.4 is 5.73 Å². The molecule has 0 saturated carbocycles. The minimum atomic E-state index is -3.52. The lowest BCUT2D eigenvalue weighted by Gasteiger charge is -2.41. The SMILES string of the molecule is CC(C)(C)OC(=O)N(Cc1cccc(C(C)(C)C)c1)[C@H]1CS(=O)(=O)C[C@@H](Cc2ccc(N)cc2)[C@@H]1O. The van der Waals surface area contributed by atoms with Gasteiger partial charge in [0.15, 0.2) is 9.84 Å². The second kappa shape index (κ2) is 10.4. The lowest BCUT2D eigenvalue weighted by Crippen LogP contribution is -2.58. The van der Waals surface area contributed by atoms with Crippen LogP contribution in [0.25, 0.3) is 0 Å². The van der Waals surface area contributed by atoms with Crippen LogP contribution in [0.2, 0.25) is 0 Å². The number of carbonyl (C=O) groups is 1. The van der Waals surface area contributed by atoms with Crippen molar-refractivity contribution in [1.29, 1.82) is 0 Å². The quantitative estimate of drug-likeness (QED) is 0.573. The molecule has 3 N–H and O–H groups in total. The number of hydrogen-bond acceptors (Lipinski definition) is 6. The van der Waals surface area contributed by atoms with Crippen molar-refractivity contribution in [3.8, 4) is 0 Å². The number of ether oxygens (including phenoxy) is 1. The van der Waals surface area contributed by atoms with Gasteiger partial charge < -0.3 is 15.6 Å². The summed E-state index contributed by atoms with van der Waals surface area (Å²) in [6.07, 6.45) is -1.32. The monoisotopic (exact) mass is 516 g/mol. The number of hydrogen-bond donors (Lipinski definition) is 2. The Kier molecular flexibility index (Phi) is 8.10. The largest absolute Gasteiger partial charge is 0.444 e. The Morgan fingerprint density at radius 2 is 1.67 bits per heavy atom. The van der Waals surface area contributed by atoms with Gasteiger partial charge in [-0.1, -0.05) is 57.2 Å². The molecule has 1 fully saturated rings. The molecule has 0 aromatic heterocycles. The van der Waals surface area contributed by atoms with Gasteiger partial charge >= 0.3 is 6.09 Å². The first kappa shape index (κ1) is 28.0. The molecule has 198 valence electrons. The molecule has 0 aliphatic carbocycles. The van der Waals surface area contributed by atoms with Crippen molar-refractivity contribution < 1.29 is 23.1 Å². The fraction of sp³-hybridized carbons (Fsp3) is 0.536. The highest BCUT2D eigenvalue weighted by molar-refractivity contribution is 7.91. The molecule has 8 heteroatoms. The highest BCUT2D eigenvalue weighted by Gasteiger charge is 2.44. The highest BCUT2D eigenvalue weighted by atomic mass is 32.2. The van der Waals surface area contributed by atoms with E-state index in [0.29, 0.717) is 12.1 Å². The van der Waals surface area contributed by atoms with Gasteiger partial charge in [-0.05, 0) is 61.4 Å². The van der Waals surface area contributed by atoms with Crippen molar-refractivity contribution in [3.63, 3.8) is 0 Å². The molecule has 0 bridgehead atoms. The maximum atomic E-state index is 13.4. The zero-order valence-corrected chi connectivity index (χ0v) is 23.0. The van der Waals surface area contributed by atoms with Crippen LogP contribution in [0.1, 0.15) is 58.2 Å². The molecule has 1 saturated heterocycles. The van der Waals surface area contributed by atoms with Crippen molar-refractivity contribution in [1.82, 2.24) is 4.90 Å². The Balaban J connectivity index is 1.96. The first-order valence-electron chi connectivity index (χ1n) is 12.4. The third kappa shape index (κ3) is 7.46. The van der Waals surface area contributed by atoms with E-state index in [4.69, 9.17) is 10.5 Å². The molecule has 1 aliphatic rings. The van der Waals surface area contributed by atoms with Crippen molar-refractivity contribution >= 4 is 21.6 Å². The van der Waals surface area contributed by atoms with E-state index in [0.717, 1.165) is 16.7 Å². The number of aliphatic hydroxyl groups excluding tert-OH is 1. The summed E-state index contributed by atoms with van der Waals surface area (Å²) < 4.78 is 31.7. The number of nitrogens with zero attached hydrogens (tertiary/aromatic N) is 1. The second-order valence-electron chi connectivity index (χ2n) is 11.9. The molecule has 0 spiro atoms. The van der Waals surface area contributed by atoms with Crippen LogP contribution >= 0.6 is 0 Å². The van der Waals surface area contributed by atoms with E-state index in [-0.39, 0.29) is 23.5 Å². The first-order chi connectivity index (χ1) is 16.5. The van der Waals surface area contributed by atoms with Crippen LogP contribution in [0.4, 0.5) is 10.5 Å². The highest BCUT2D eigenvalue weighted by Crippen LogP contribution is 2.30. The van der Waals surface area contributed by atoms with Crippen molar-refractivity contribution in [3.05, 3.63) is 65.2 Å². The van der Waals surface area contributed by atoms with Crippen LogP contribution in [0.5, 0.6) is 0 Å². The number of nitrogen functional groups attached to an aromatic ring is 1. The number of carbonyl (C=O) groups excluding carboxylic acids is 1. The first-order valence-corrected chi connectivity index (χ1v) is 14.2. The Bertz CT molecular complexity index is 1160. The average Bonchev–Trinajstić information content (AvgIpc) is 2.74. The topological polar surface area (TPSA) is 110 Å². The summed E-state index contributed by atoms with van der Waals surface area (Å²) in [4.78, 5) is 14.8. The lowest BCUT2D eigenvalue weighted by atomic mass is 9.86. The summed E-state index contributed by atoms with van der Waals surface area (Å²) >= 11 is 0. The van der Waals surface area contributed by atoms with Crippen molar-refractivity contribution in [2.24, 2.45) is 5.92 Å². The summed E-state index contributed by atoms with van der Waals surface area (Å²) in [6.45, 7) is 11.7. The predicted molar refractivity (Wildman–Crippen MR) is 143 cm³/mol. The van der Waals surface area contributed by atoms with Gasteiger partial charge in [0.1, 0.15) is 5.60 Å². The molecule has 2 aromatic rings. The summed E-state index contributed by atoms with van der Waals surface area (Å²) in [7, 11) is -3.52. The summed E-state index contributed by atoms with van der Waals surface area (Å²) in [5, 5.41) is 11.4. The normalized spacial score (nSPS) is 22.1. The Morgan fingerprint density at radius 3 is 2.25 bits per heavy atom. The van der Waals surface area contributed by atoms with Crippen LogP contribution in [0.15, 0.2) is 48.5 Å². The fourth-order valence-corrected chi connectivity index (χ4v) is 6.55. The molecular formula is C28H40N2O5S. The van der Waals surface area contributed by atoms with E-state index >= 15 is 0 Å². The number of nitrogens with two attached hydrogens (primary N) is 1. The minimum Gasteiger partial charge on any atom is -0.444 e. The smallest absolute Gasteiger partial charge is 0.410 e. The minimum absolute atomic E-state index is 0.0926. The summed E-state index contributed by atoms with van der Waals surface area (Å²) in [5.74, 6) is -1.02. The standard InChI is InChI=1S/C28H40N2O5S/c1-27(2,3)22-9-7-8-20(15-22)16-30(26(32)35-28(4,5)6)24-18-36(33,34)17-21(25(24)31)14-19-10-12-23(29)13-11-19/h7-13,15,21,24-25,31H,14,16-18,29H2,1-6H3/t21-,24+,25+/m1/s1. The summed E-state index contributed by atoms with van der Waals surface area (Å²) in [5.41, 5.74) is 8.36. The maximum Gasteiger partial charge on any atom is 0.410 e. The van der Waals surface area contributed by atoms with Gasteiger partial charge in [0.05, 0.1) is 23.7 Å². The molecule has 1 heterocycles. The second-order valence-corrected chi connectivity index (χ2v) is 14.1. The van der Waals surface area contributed by atoms with E-state index in [2.05, 4.69) is 20.8 Å². The van der Waals surface area contributed by atoms with Crippen LogP contribution in [-0.4, -0.2) is 53.8 Å². The van der Waals surface area contributed by atoms with E-state index in [1.165, 1.54) is 4.90 Å². The van der Waals surface area contributed by atoms with E-state index in [1.807, 2.05) is 36.4 Å². The van der Waals surface area contributed by atoms with Gasteiger partial charge in [0.25, 0.3) is 0 Å². The zero-order valence-electron chi connectivity index (χ0n) is 22.2. The lowest BCUT2D eigenvalue weighted by molar-refractivity contribution is -0.0172. The van der Waals surface area contributed by atoms with Crippen LogP contribution in [0.3, 0.4) is 0 Å². The fourth-order valence-electron chi connectivity index (χ4n) is 4.55. The third-order valence-electron chi connectivity index (χ3n) is 6.42. The molecule has 3 atom stereocenters. The Hall–Kier alpha value is -2.58. The molecule has 1 amide bonds. The van der Waals surface area contributed by atoms with Crippen molar-refractivity contribution in [2.45, 2.75) is 77.7 Å². The Labute approximate surface area is 215 Å². The van der Waals surface area contributed by atoms with Crippen LogP contribution in [-0.2, 0) is 33.0 Å². The van der Waals surface area contributed by atoms with Crippen LogP contribution in [0, 0.1) is 5.92 Å². The molecule has 1 aliphatic heterocycles. The molecule has 2 aromatic carbocycles. The Morgan fingerprint density at radius 1 is 1.03 bits per heavy atom. The molecular weight excluding hydrogens is 476 g/mol. The van der Waals surface area contributed by atoms with Gasteiger partial charge in [-0.2, -0.15) is 0 Å².